The number of benzene rings is 1. The van der Waals surface area contributed by atoms with Gasteiger partial charge < -0.3 is 4.74 Å². The lowest BCUT2D eigenvalue weighted by Gasteiger charge is -2.34. The van der Waals surface area contributed by atoms with Gasteiger partial charge >= 0.3 is 12.1 Å². The van der Waals surface area contributed by atoms with Gasteiger partial charge in [-0.2, -0.15) is 13.2 Å². The van der Waals surface area contributed by atoms with Crippen LogP contribution in [0.3, 0.4) is 0 Å². The van der Waals surface area contributed by atoms with Gasteiger partial charge in [-0.1, -0.05) is 30.3 Å². The van der Waals surface area contributed by atoms with Gasteiger partial charge in [0.15, 0.2) is 0 Å². The van der Waals surface area contributed by atoms with Gasteiger partial charge in [0.25, 0.3) is 0 Å². The zero-order valence-electron chi connectivity index (χ0n) is 15.5. The average molecular weight is 382 g/mol. The smallest absolute Gasteiger partial charge is 0.412 e. The predicted molar refractivity (Wildman–Crippen MR) is 92.3 cm³/mol. The van der Waals surface area contributed by atoms with Crippen molar-refractivity contribution in [3.8, 4) is 0 Å². The Bertz CT molecular complexity index is 785. The summed E-state index contributed by atoms with van der Waals surface area (Å²) >= 11 is 0. The van der Waals surface area contributed by atoms with Crippen LogP contribution in [0.4, 0.5) is 13.2 Å². The molecule has 2 rings (SSSR count). The lowest BCUT2D eigenvalue weighted by atomic mass is 9.70. The Hall–Kier alpha value is -2.44. The normalized spacial score (nSPS) is 22.9. The maximum atomic E-state index is 13.4. The van der Waals surface area contributed by atoms with Crippen molar-refractivity contribution in [1.82, 2.24) is 0 Å². The number of allylic oxidation sites excluding steroid dienone is 2. The fraction of sp³-hybridized carbons (Fsp3) is 0.450. The number of ether oxygens (including phenoxy) is 1. The van der Waals surface area contributed by atoms with E-state index < -0.39 is 46.9 Å². The maximum absolute atomic E-state index is 13.4. The summed E-state index contributed by atoms with van der Waals surface area (Å²) in [5.41, 5.74) is -3.23. The predicted octanol–water partition coefficient (Wildman–Crippen LogP) is 4.39. The number of alkyl halides is 3. The molecular weight excluding hydrogens is 361 g/mol. The van der Waals surface area contributed by atoms with Gasteiger partial charge in [0.05, 0.1) is 0 Å². The van der Waals surface area contributed by atoms with Gasteiger partial charge in [-0.25, -0.2) is 0 Å². The molecule has 0 bridgehead atoms. The Morgan fingerprint density at radius 2 is 1.70 bits per heavy atom. The number of Topliss-reactive ketones (excluding diaryl/α,β-unsaturated/α-hetero) is 1. The van der Waals surface area contributed by atoms with Crippen LogP contribution in [0.1, 0.15) is 56.0 Å². The monoisotopic (exact) mass is 382 g/mol. The molecule has 1 aromatic carbocycles. The van der Waals surface area contributed by atoms with Crippen molar-refractivity contribution in [2.75, 3.05) is 0 Å². The Kier molecular flexibility index (Phi) is 5.37. The quantitative estimate of drug-likeness (QED) is 0.335. The van der Waals surface area contributed by atoms with Crippen LogP contribution < -0.4 is 0 Å². The molecule has 1 aliphatic rings. The van der Waals surface area contributed by atoms with E-state index in [-0.39, 0.29) is 0 Å². The van der Waals surface area contributed by atoms with Gasteiger partial charge in [0.1, 0.15) is 23.1 Å². The lowest BCUT2D eigenvalue weighted by molar-refractivity contribution is -0.171. The van der Waals surface area contributed by atoms with Crippen LogP contribution in [0, 0.1) is 5.41 Å². The van der Waals surface area contributed by atoms with Crippen LogP contribution in [0.15, 0.2) is 35.9 Å². The van der Waals surface area contributed by atoms with Crippen molar-refractivity contribution < 1.29 is 32.3 Å². The molecule has 0 amide bonds. The highest BCUT2D eigenvalue weighted by molar-refractivity contribution is 6.05. The summed E-state index contributed by atoms with van der Waals surface area (Å²) in [6.45, 7) is 5.85. The third-order valence-electron chi connectivity index (χ3n) is 4.56. The molecule has 7 heteroatoms. The number of halogens is 3. The maximum Gasteiger partial charge on any atom is 0.412 e. The van der Waals surface area contributed by atoms with E-state index in [4.69, 9.17) is 4.74 Å². The number of carbonyl (C=O) groups is 3. The minimum absolute atomic E-state index is 0.334. The molecule has 2 unspecified atom stereocenters. The first-order valence-electron chi connectivity index (χ1n) is 8.39. The molecule has 0 spiro atoms. The number of aldehydes is 1. The van der Waals surface area contributed by atoms with Crippen molar-refractivity contribution in [3.63, 3.8) is 0 Å². The van der Waals surface area contributed by atoms with Crippen molar-refractivity contribution in [2.24, 2.45) is 5.41 Å². The van der Waals surface area contributed by atoms with Gasteiger partial charge in [-0.05, 0) is 33.3 Å². The molecule has 0 saturated carbocycles. The van der Waals surface area contributed by atoms with E-state index in [1.165, 1.54) is 24.3 Å². The van der Waals surface area contributed by atoms with E-state index >= 15 is 0 Å². The highest BCUT2D eigenvalue weighted by atomic mass is 19.4. The molecule has 0 aromatic heterocycles. The molecule has 27 heavy (non-hydrogen) atoms. The Morgan fingerprint density at radius 1 is 1.15 bits per heavy atom. The Balaban J connectivity index is 2.62. The molecule has 0 aliphatic heterocycles. The van der Waals surface area contributed by atoms with E-state index in [0.29, 0.717) is 17.4 Å². The first-order chi connectivity index (χ1) is 12.3. The number of hydrogen-bond acceptors (Lipinski definition) is 4. The molecule has 0 fully saturated rings. The van der Waals surface area contributed by atoms with Gasteiger partial charge in [0.2, 0.25) is 0 Å². The standard InChI is InChI=1S/C20H21F3O4/c1-12(25)19(17(26)27-18(2,3)4)10-15(20(21,22)23)9-16(19)14-7-5-13(11-24)6-8-14/h5-9,11,16H,10H2,1-4H3. The van der Waals surface area contributed by atoms with Crippen LogP contribution in [0.25, 0.3) is 0 Å². The molecule has 2 atom stereocenters. The highest BCUT2D eigenvalue weighted by Gasteiger charge is 2.59. The van der Waals surface area contributed by atoms with Crippen molar-refractivity contribution in [1.29, 1.82) is 0 Å². The fourth-order valence-corrected chi connectivity index (χ4v) is 3.23. The van der Waals surface area contributed by atoms with Crippen LogP contribution in [-0.2, 0) is 14.3 Å². The van der Waals surface area contributed by atoms with E-state index in [2.05, 4.69) is 0 Å². The summed E-state index contributed by atoms with van der Waals surface area (Å²) < 4.78 is 45.5. The van der Waals surface area contributed by atoms with Crippen molar-refractivity contribution >= 4 is 18.0 Å². The number of carbonyl (C=O) groups excluding carboxylic acids is 3. The molecule has 4 nitrogen and oxygen atoms in total. The number of hydrogen-bond donors (Lipinski definition) is 0. The molecule has 0 N–H and O–H groups in total. The third-order valence-corrected chi connectivity index (χ3v) is 4.56. The summed E-state index contributed by atoms with van der Waals surface area (Å²) in [5, 5.41) is 0. The summed E-state index contributed by atoms with van der Waals surface area (Å²) in [5.74, 6) is -2.82. The fourth-order valence-electron chi connectivity index (χ4n) is 3.23. The van der Waals surface area contributed by atoms with Crippen LogP contribution in [0.5, 0.6) is 0 Å². The Labute approximate surface area is 155 Å². The van der Waals surface area contributed by atoms with E-state index in [1.54, 1.807) is 20.8 Å². The summed E-state index contributed by atoms with van der Waals surface area (Å²) in [7, 11) is 0. The Morgan fingerprint density at radius 3 is 2.11 bits per heavy atom. The second-order valence-electron chi connectivity index (χ2n) is 7.66. The van der Waals surface area contributed by atoms with Gasteiger partial charge in [-0.15, -0.1) is 0 Å². The van der Waals surface area contributed by atoms with Crippen molar-refractivity contribution in [3.05, 3.63) is 47.0 Å². The summed E-state index contributed by atoms with van der Waals surface area (Å²) in [4.78, 5) is 36.3. The summed E-state index contributed by atoms with van der Waals surface area (Å²) in [6.07, 6.45) is -3.93. The summed E-state index contributed by atoms with van der Waals surface area (Å²) in [6, 6.07) is 5.77. The van der Waals surface area contributed by atoms with Crippen molar-refractivity contribution in [2.45, 2.75) is 51.8 Å². The third kappa shape index (κ3) is 4.12. The van der Waals surface area contributed by atoms with Crippen LogP contribution in [0.2, 0.25) is 0 Å². The highest BCUT2D eigenvalue weighted by Crippen LogP contribution is 2.53. The molecule has 0 heterocycles. The van der Waals surface area contributed by atoms with E-state index in [9.17, 15) is 27.6 Å². The number of esters is 1. The zero-order valence-corrected chi connectivity index (χ0v) is 15.5. The molecular formula is C20H21F3O4. The van der Waals surface area contributed by atoms with Crippen LogP contribution in [-0.4, -0.2) is 29.8 Å². The topological polar surface area (TPSA) is 60.4 Å². The number of rotatable bonds is 4. The largest absolute Gasteiger partial charge is 0.459 e. The molecule has 1 aromatic rings. The first kappa shape index (κ1) is 20.9. The zero-order chi connectivity index (χ0) is 20.6. The second kappa shape index (κ2) is 6.94. The molecule has 146 valence electrons. The van der Waals surface area contributed by atoms with Gasteiger partial charge in [0, 0.05) is 23.5 Å². The molecule has 1 aliphatic carbocycles. The van der Waals surface area contributed by atoms with Gasteiger partial charge in [-0.3, -0.25) is 14.4 Å². The lowest BCUT2D eigenvalue weighted by Crippen LogP contribution is -2.45. The minimum Gasteiger partial charge on any atom is -0.459 e. The minimum atomic E-state index is -4.67. The van der Waals surface area contributed by atoms with E-state index in [1.807, 2.05) is 0 Å². The second-order valence-corrected chi connectivity index (χ2v) is 7.66. The number of ketones is 1. The SMILES string of the molecule is CC(=O)C1(C(=O)OC(C)(C)C)CC(C(F)(F)F)=CC1c1ccc(C=O)cc1. The molecule has 0 radical (unpaired) electrons. The average Bonchev–Trinajstić information content (AvgIpc) is 2.95. The first-order valence-corrected chi connectivity index (χ1v) is 8.39. The molecule has 0 saturated heterocycles. The van der Waals surface area contributed by atoms with E-state index in [0.717, 1.165) is 13.0 Å². The van der Waals surface area contributed by atoms with Crippen LogP contribution >= 0.6 is 0 Å².